The van der Waals surface area contributed by atoms with Crippen molar-refractivity contribution in [3.05, 3.63) is 70.9 Å². The minimum absolute atomic E-state index is 0.0492. The van der Waals surface area contributed by atoms with Crippen molar-refractivity contribution in [3.8, 4) is 5.75 Å². The number of allylic oxidation sites excluding steroid dienone is 2. The lowest BCUT2D eigenvalue weighted by atomic mass is 9.77. The van der Waals surface area contributed by atoms with Crippen LogP contribution in [-0.4, -0.2) is 18.8 Å². The van der Waals surface area contributed by atoms with E-state index in [2.05, 4.69) is 0 Å². The molecule has 2 aromatic carbocycles. The molecular weight excluding hydrogens is 338 g/mol. The summed E-state index contributed by atoms with van der Waals surface area (Å²) in [7, 11) is 1.63. The molecule has 4 heteroatoms. The fraction of sp³-hybridized carbons (Fsp3) is 0.304. The lowest BCUT2D eigenvalue weighted by molar-refractivity contribution is -0.119. The number of ketones is 1. The molecule has 1 heterocycles. The van der Waals surface area contributed by atoms with Crippen molar-refractivity contribution >= 4 is 17.4 Å². The molecule has 0 saturated carbocycles. The van der Waals surface area contributed by atoms with Crippen molar-refractivity contribution in [1.29, 1.82) is 0 Å². The van der Waals surface area contributed by atoms with Crippen LogP contribution in [0.1, 0.15) is 42.7 Å². The van der Waals surface area contributed by atoms with E-state index in [1.54, 1.807) is 12.0 Å². The maximum absolute atomic E-state index is 13.1. The second kappa shape index (κ2) is 7.03. The van der Waals surface area contributed by atoms with Gasteiger partial charge in [0.1, 0.15) is 5.75 Å². The van der Waals surface area contributed by atoms with Crippen LogP contribution < -0.4 is 9.64 Å². The second-order valence-corrected chi connectivity index (χ2v) is 7.23. The summed E-state index contributed by atoms with van der Waals surface area (Å²) in [5, 5.41) is 0. The standard InChI is InChI=1S/C23H23NO3/c1-15-6-10-17(11-7-15)24-20-4-3-5-21(25)23(20)19(14-22(24)26)16-8-12-18(27-2)13-9-16/h6-13,19H,3-5,14H2,1-2H3. The number of ether oxygens (including phenoxy) is 1. The number of nitrogens with zero attached hydrogens (tertiary/aromatic N) is 1. The number of benzene rings is 2. The number of aryl methyl sites for hydroxylation is 1. The molecular formula is C23H23NO3. The molecule has 2 aliphatic rings. The first-order chi connectivity index (χ1) is 13.1. The maximum atomic E-state index is 13.1. The van der Waals surface area contributed by atoms with Gasteiger partial charge in [-0.1, -0.05) is 29.8 Å². The number of Topliss-reactive ketones (excluding diaryl/α,β-unsaturated/α-hetero) is 1. The van der Waals surface area contributed by atoms with Gasteiger partial charge in [0.05, 0.1) is 7.11 Å². The van der Waals surface area contributed by atoms with Gasteiger partial charge >= 0.3 is 0 Å². The molecule has 138 valence electrons. The fourth-order valence-electron chi connectivity index (χ4n) is 4.11. The fourth-order valence-corrected chi connectivity index (χ4v) is 4.11. The van der Waals surface area contributed by atoms with E-state index in [0.717, 1.165) is 46.7 Å². The van der Waals surface area contributed by atoms with Crippen molar-refractivity contribution in [3.63, 3.8) is 0 Å². The van der Waals surface area contributed by atoms with Gasteiger partial charge in [-0.25, -0.2) is 0 Å². The zero-order valence-electron chi connectivity index (χ0n) is 15.7. The highest BCUT2D eigenvalue weighted by atomic mass is 16.5. The predicted molar refractivity (Wildman–Crippen MR) is 105 cm³/mol. The Kier molecular flexibility index (Phi) is 4.56. The van der Waals surface area contributed by atoms with Crippen LogP contribution in [0.3, 0.4) is 0 Å². The molecule has 27 heavy (non-hydrogen) atoms. The summed E-state index contributed by atoms with van der Waals surface area (Å²) >= 11 is 0. The number of amides is 1. The Morgan fingerprint density at radius 1 is 0.963 bits per heavy atom. The average Bonchev–Trinajstić information content (AvgIpc) is 2.69. The Labute approximate surface area is 159 Å². The van der Waals surface area contributed by atoms with E-state index in [0.29, 0.717) is 12.8 Å². The van der Waals surface area contributed by atoms with E-state index in [1.165, 1.54) is 0 Å². The molecule has 1 unspecified atom stereocenters. The van der Waals surface area contributed by atoms with Crippen LogP contribution in [0.2, 0.25) is 0 Å². The SMILES string of the molecule is COc1ccc(C2CC(=O)N(c3ccc(C)cc3)C3=C2C(=O)CCC3)cc1. The largest absolute Gasteiger partial charge is 0.497 e. The number of rotatable bonds is 3. The van der Waals surface area contributed by atoms with Gasteiger partial charge in [-0.15, -0.1) is 0 Å². The quantitative estimate of drug-likeness (QED) is 0.807. The third-order valence-electron chi connectivity index (χ3n) is 5.49. The first-order valence-corrected chi connectivity index (χ1v) is 9.38. The number of methoxy groups -OCH3 is 1. The Hall–Kier alpha value is -2.88. The van der Waals surface area contributed by atoms with E-state index >= 15 is 0 Å². The number of hydrogen-bond donors (Lipinski definition) is 0. The minimum Gasteiger partial charge on any atom is -0.497 e. The highest BCUT2D eigenvalue weighted by molar-refractivity contribution is 6.07. The summed E-state index contributed by atoms with van der Waals surface area (Å²) in [6.07, 6.45) is 2.42. The molecule has 0 spiro atoms. The van der Waals surface area contributed by atoms with Gasteiger partial charge in [0.25, 0.3) is 0 Å². The average molecular weight is 361 g/mol. The summed E-state index contributed by atoms with van der Waals surface area (Å²) in [6.45, 7) is 2.02. The highest BCUT2D eigenvalue weighted by Gasteiger charge is 2.39. The number of carbonyl (C=O) groups is 2. The molecule has 0 aromatic heterocycles. The molecule has 0 radical (unpaired) electrons. The molecule has 1 aliphatic carbocycles. The molecule has 0 saturated heterocycles. The van der Waals surface area contributed by atoms with Crippen molar-refractivity contribution in [2.24, 2.45) is 0 Å². The van der Waals surface area contributed by atoms with Crippen LogP contribution in [0.15, 0.2) is 59.8 Å². The van der Waals surface area contributed by atoms with Crippen molar-refractivity contribution in [1.82, 2.24) is 0 Å². The minimum atomic E-state index is -0.173. The van der Waals surface area contributed by atoms with Crippen molar-refractivity contribution in [2.45, 2.75) is 38.5 Å². The van der Waals surface area contributed by atoms with E-state index in [9.17, 15) is 9.59 Å². The van der Waals surface area contributed by atoms with E-state index in [4.69, 9.17) is 4.74 Å². The van der Waals surface area contributed by atoms with Crippen LogP contribution in [0.4, 0.5) is 5.69 Å². The van der Waals surface area contributed by atoms with Gasteiger partial charge in [-0.2, -0.15) is 0 Å². The molecule has 2 aromatic rings. The lowest BCUT2D eigenvalue weighted by Gasteiger charge is -2.38. The highest BCUT2D eigenvalue weighted by Crippen LogP contribution is 2.43. The van der Waals surface area contributed by atoms with E-state index in [-0.39, 0.29) is 17.6 Å². The molecule has 1 atom stereocenters. The third kappa shape index (κ3) is 3.16. The van der Waals surface area contributed by atoms with Crippen molar-refractivity contribution < 1.29 is 14.3 Å². The van der Waals surface area contributed by atoms with E-state index < -0.39 is 0 Å². The van der Waals surface area contributed by atoms with Gasteiger partial charge in [-0.3, -0.25) is 14.5 Å². The summed E-state index contributed by atoms with van der Waals surface area (Å²) in [5.74, 6) is 0.814. The number of carbonyl (C=O) groups excluding carboxylic acids is 2. The Morgan fingerprint density at radius 3 is 2.33 bits per heavy atom. The van der Waals surface area contributed by atoms with Gasteiger partial charge in [-0.05, 0) is 49.6 Å². The third-order valence-corrected chi connectivity index (χ3v) is 5.49. The molecule has 0 bridgehead atoms. The van der Waals surface area contributed by atoms with Gasteiger partial charge in [0.15, 0.2) is 5.78 Å². The summed E-state index contributed by atoms with van der Waals surface area (Å²) in [4.78, 5) is 27.7. The first-order valence-electron chi connectivity index (χ1n) is 9.38. The molecule has 1 aliphatic heterocycles. The Morgan fingerprint density at radius 2 is 1.67 bits per heavy atom. The van der Waals surface area contributed by atoms with Crippen LogP contribution in [0, 0.1) is 6.92 Å². The van der Waals surface area contributed by atoms with Gasteiger partial charge in [0.2, 0.25) is 5.91 Å². The van der Waals surface area contributed by atoms with Crippen LogP contribution >= 0.6 is 0 Å². The smallest absolute Gasteiger partial charge is 0.232 e. The van der Waals surface area contributed by atoms with Gasteiger partial charge < -0.3 is 4.74 Å². The number of hydrogen-bond acceptors (Lipinski definition) is 3. The Bertz CT molecular complexity index is 910. The zero-order chi connectivity index (χ0) is 19.0. The Balaban J connectivity index is 1.81. The lowest BCUT2D eigenvalue weighted by Crippen LogP contribution is -2.40. The first kappa shape index (κ1) is 17.5. The summed E-state index contributed by atoms with van der Waals surface area (Å²) < 4.78 is 5.24. The summed E-state index contributed by atoms with van der Waals surface area (Å²) in [5.41, 5.74) is 4.68. The molecule has 0 N–H and O–H groups in total. The van der Waals surface area contributed by atoms with Crippen LogP contribution in [-0.2, 0) is 9.59 Å². The normalized spacial score (nSPS) is 19.9. The van der Waals surface area contributed by atoms with Crippen LogP contribution in [0.25, 0.3) is 0 Å². The monoisotopic (exact) mass is 361 g/mol. The van der Waals surface area contributed by atoms with Gasteiger partial charge in [0, 0.05) is 35.7 Å². The summed E-state index contributed by atoms with van der Waals surface area (Å²) in [6, 6.07) is 15.6. The maximum Gasteiger partial charge on any atom is 0.232 e. The van der Waals surface area contributed by atoms with Crippen molar-refractivity contribution in [2.75, 3.05) is 12.0 Å². The molecule has 0 fully saturated rings. The van der Waals surface area contributed by atoms with Crippen LogP contribution in [0.5, 0.6) is 5.75 Å². The topological polar surface area (TPSA) is 46.6 Å². The predicted octanol–water partition coefficient (Wildman–Crippen LogP) is 4.53. The van der Waals surface area contributed by atoms with E-state index in [1.807, 2.05) is 55.5 Å². The second-order valence-electron chi connectivity index (χ2n) is 7.23. The molecule has 1 amide bonds. The zero-order valence-corrected chi connectivity index (χ0v) is 15.7. The number of anilines is 1. The molecule has 4 nitrogen and oxygen atoms in total. The molecule has 4 rings (SSSR count).